The summed E-state index contributed by atoms with van der Waals surface area (Å²) in [5, 5.41) is 13.1. The molecule has 0 saturated carbocycles. The van der Waals surface area contributed by atoms with Crippen LogP contribution in [0.1, 0.15) is 32.3 Å². The van der Waals surface area contributed by atoms with Gasteiger partial charge in [0.15, 0.2) is 11.5 Å². The van der Waals surface area contributed by atoms with E-state index in [1.54, 1.807) is 6.07 Å². The number of benzene rings is 1. The second kappa shape index (κ2) is 6.46. The van der Waals surface area contributed by atoms with Gasteiger partial charge in [0.2, 0.25) is 0 Å². The van der Waals surface area contributed by atoms with E-state index >= 15 is 0 Å². The van der Waals surface area contributed by atoms with Gasteiger partial charge in [-0.15, -0.1) is 0 Å². The van der Waals surface area contributed by atoms with Crippen molar-refractivity contribution in [2.45, 2.75) is 38.8 Å². The minimum atomic E-state index is 0.219. The lowest BCUT2D eigenvalue weighted by Crippen LogP contribution is -2.49. The molecular weight excluding hydrogens is 252 g/mol. The summed E-state index contributed by atoms with van der Waals surface area (Å²) in [7, 11) is 2.05. The molecule has 1 heterocycles. The summed E-state index contributed by atoms with van der Waals surface area (Å²) in [6, 6.07) is 5.65. The normalized spacial score (nSPS) is 18.9. The van der Waals surface area contributed by atoms with Gasteiger partial charge in [0.1, 0.15) is 0 Å². The van der Waals surface area contributed by atoms with Gasteiger partial charge in [0.25, 0.3) is 0 Å². The average Bonchev–Trinajstić information content (AvgIpc) is 2.45. The van der Waals surface area contributed by atoms with Gasteiger partial charge in [-0.25, -0.2) is 0 Å². The van der Waals surface area contributed by atoms with Gasteiger partial charge >= 0.3 is 0 Å². The Balaban J connectivity index is 1.96. The number of ether oxygens (including phenoxy) is 1. The number of hydrogen-bond acceptors (Lipinski definition) is 4. The van der Waals surface area contributed by atoms with E-state index in [9.17, 15) is 5.11 Å². The first-order valence-electron chi connectivity index (χ1n) is 7.42. The van der Waals surface area contributed by atoms with Crippen LogP contribution in [0.3, 0.4) is 0 Å². The summed E-state index contributed by atoms with van der Waals surface area (Å²) in [6.45, 7) is 7.90. The second-order valence-corrected chi connectivity index (χ2v) is 5.82. The number of phenolic OH excluding ortho intramolecular Hbond substituents is 1. The highest BCUT2D eigenvalue weighted by atomic mass is 16.5. The zero-order valence-corrected chi connectivity index (χ0v) is 12.8. The molecule has 1 fully saturated rings. The molecular formula is C16H26N2O2. The van der Waals surface area contributed by atoms with Crippen molar-refractivity contribution in [3.63, 3.8) is 0 Å². The monoisotopic (exact) mass is 278 g/mol. The quantitative estimate of drug-likeness (QED) is 0.868. The molecule has 0 atom stereocenters. The van der Waals surface area contributed by atoms with Crippen LogP contribution >= 0.6 is 0 Å². The van der Waals surface area contributed by atoms with E-state index in [1.165, 1.54) is 18.4 Å². The van der Waals surface area contributed by atoms with Crippen molar-refractivity contribution in [1.82, 2.24) is 10.2 Å². The third-order valence-corrected chi connectivity index (χ3v) is 4.29. The van der Waals surface area contributed by atoms with Crippen molar-refractivity contribution >= 4 is 0 Å². The Hall–Kier alpha value is -1.26. The van der Waals surface area contributed by atoms with Crippen molar-refractivity contribution < 1.29 is 9.84 Å². The Morgan fingerprint density at radius 1 is 1.35 bits per heavy atom. The predicted octanol–water partition coefficient (Wildman–Crippen LogP) is 2.36. The summed E-state index contributed by atoms with van der Waals surface area (Å²) in [5.74, 6) is 0.805. The lowest BCUT2D eigenvalue weighted by molar-refractivity contribution is 0.146. The molecule has 0 bridgehead atoms. The smallest absolute Gasteiger partial charge is 0.161 e. The Labute approximate surface area is 121 Å². The van der Waals surface area contributed by atoms with E-state index < -0.39 is 0 Å². The molecule has 0 unspecified atom stereocenters. The van der Waals surface area contributed by atoms with Crippen molar-refractivity contribution in [2.24, 2.45) is 0 Å². The minimum absolute atomic E-state index is 0.219. The Morgan fingerprint density at radius 3 is 2.65 bits per heavy atom. The van der Waals surface area contributed by atoms with E-state index in [0.29, 0.717) is 12.4 Å². The molecule has 4 heteroatoms. The van der Waals surface area contributed by atoms with Crippen LogP contribution in [0.2, 0.25) is 0 Å². The third-order valence-electron chi connectivity index (χ3n) is 4.29. The van der Waals surface area contributed by atoms with Crippen LogP contribution in [0, 0.1) is 0 Å². The van der Waals surface area contributed by atoms with Crippen LogP contribution in [0.5, 0.6) is 11.5 Å². The van der Waals surface area contributed by atoms with Gasteiger partial charge in [0.05, 0.1) is 6.61 Å². The molecule has 2 rings (SSSR count). The number of likely N-dealkylation sites (tertiary alicyclic amines) is 1. The summed E-state index contributed by atoms with van der Waals surface area (Å²) in [5.41, 5.74) is 1.47. The summed E-state index contributed by atoms with van der Waals surface area (Å²) in [4.78, 5) is 2.46. The summed E-state index contributed by atoms with van der Waals surface area (Å²) < 4.78 is 5.44. The molecule has 1 aromatic carbocycles. The molecule has 112 valence electrons. The number of hydrogen-bond donors (Lipinski definition) is 2. The molecule has 2 N–H and O–H groups in total. The number of phenols is 1. The molecule has 0 aliphatic carbocycles. The van der Waals surface area contributed by atoms with Crippen LogP contribution in [0.4, 0.5) is 0 Å². The maximum atomic E-state index is 9.73. The van der Waals surface area contributed by atoms with Crippen LogP contribution < -0.4 is 10.1 Å². The van der Waals surface area contributed by atoms with Gasteiger partial charge in [-0.1, -0.05) is 6.07 Å². The number of rotatable bonds is 5. The topological polar surface area (TPSA) is 44.7 Å². The lowest BCUT2D eigenvalue weighted by atomic mass is 9.90. The fourth-order valence-corrected chi connectivity index (χ4v) is 2.64. The Bertz CT molecular complexity index is 440. The highest BCUT2D eigenvalue weighted by Gasteiger charge is 2.28. The van der Waals surface area contributed by atoms with Gasteiger partial charge in [0, 0.05) is 25.2 Å². The largest absolute Gasteiger partial charge is 0.504 e. The number of aromatic hydroxyl groups is 1. The molecule has 1 aliphatic heterocycles. The van der Waals surface area contributed by atoms with E-state index in [-0.39, 0.29) is 11.3 Å². The van der Waals surface area contributed by atoms with Gasteiger partial charge in [-0.3, -0.25) is 4.90 Å². The minimum Gasteiger partial charge on any atom is -0.504 e. The molecule has 1 saturated heterocycles. The van der Waals surface area contributed by atoms with Crippen molar-refractivity contribution in [3.8, 4) is 11.5 Å². The number of nitrogens with zero attached hydrogens (tertiary/aromatic N) is 1. The van der Waals surface area contributed by atoms with E-state index in [4.69, 9.17) is 4.74 Å². The van der Waals surface area contributed by atoms with Crippen LogP contribution in [-0.4, -0.2) is 42.3 Å². The molecule has 1 aliphatic rings. The standard InChI is InChI=1S/C16H26N2O2/c1-4-20-15-11-13(5-6-14(15)19)12-18-9-7-16(2,17-3)8-10-18/h5-6,11,17,19H,4,7-10,12H2,1-3H3. The van der Waals surface area contributed by atoms with Crippen LogP contribution in [0.25, 0.3) is 0 Å². The fourth-order valence-electron chi connectivity index (χ4n) is 2.64. The number of nitrogens with one attached hydrogen (secondary N) is 1. The fraction of sp³-hybridized carbons (Fsp3) is 0.625. The molecule has 4 nitrogen and oxygen atoms in total. The van der Waals surface area contributed by atoms with Gasteiger partial charge < -0.3 is 15.2 Å². The third kappa shape index (κ3) is 3.64. The maximum Gasteiger partial charge on any atom is 0.161 e. The average molecular weight is 278 g/mol. The van der Waals surface area contributed by atoms with E-state index in [2.05, 4.69) is 17.1 Å². The van der Waals surface area contributed by atoms with E-state index in [1.807, 2.05) is 26.1 Å². The maximum absolute atomic E-state index is 9.73. The molecule has 1 aromatic rings. The lowest BCUT2D eigenvalue weighted by Gasteiger charge is -2.39. The first-order valence-corrected chi connectivity index (χ1v) is 7.42. The predicted molar refractivity (Wildman–Crippen MR) is 81.3 cm³/mol. The Morgan fingerprint density at radius 2 is 2.05 bits per heavy atom. The number of piperidine rings is 1. The Kier molecular flexibility index (Phi) is 4.89. The zero-order chi connectivity index (χ0) is 14.6. The van der Waals surface area contributed by atoms with Crippen molar-refractivity contribution in [3.05, 3.63) is 23.8 Å². The van der Waals surface area contributed by atoms with Gasteiger partial charge in [-0.2, -0.15) is 0 Å². The zero-order valence-electron chi connectivity index (χ0n) is 12.8. The van der Waals surface area contributed by atoms with Gasteiger partial charge in [-0.05, 0) is 51.4 Å². The highest BCUT2D eigenvalue weighted by Crippen LogP contribution is 2.28. The van der Waals surface area contributed by atoms with Crippen molar-refractivity contribution in [1.29, 1.82) is 0 Å². The van der Waals surface area contributed by atoms with E-state index in [0.717, 1.165) is 19.6 Å². The summed E-state index contributed by atoms with van der Waals surface area (Å²) >= 11 is 0. The molecule has 0 radical (unpaired) electrons. The highest BCUT2D eigenvalue weighted by molar-refractivity contribution is 5.41. The van der Waals surface area contributed by atoms with Crippen molar-refractivity contribution in [2.75, 3.05) is 26.7 Å². The molecule has 0 spiro atoms. The second-order valence-electron chi connectivity index (χ2n) is 5.82. The first kappa shape index (κ1) is 15.1. The summed E-state index contributed by atoms with van der Waals surface area (Å²) in [6.07, 6.45) is 2.33. The SMILES string of the molecule is CCOc1cc(CN2CCC(C)(NC)CC2)ccc1O. The van der Waals surface area contributed by atoms with Crippen LogP contribution in [0.15, 0.2) is 18.2 Å². The molecule has 0 aromatic heterocycles. The first-order chi connectivity index (χ1) is 9.56. The van der Waals surface area contributed by atoms with Crippen LogP contribution in [-0.2, 0) is 6.54 Å². The molecule has 0 amide bonds. The molecule has 20 heavy (non-hydrogen) atoms.